The van der Waals surface area contributed by atoms with Crippen molar-refractivity contribution in [1.29, 1.82) is 0 Å². The van der Waals surface area contributed by atoms with E-state index in [1.807, 2.05) is 11.3 Å². The van der Waals surface area contributed by atoms with Crippen LogP contribution in [0.2, 0.25) is 0 Å². The fraction of sp³-hybridized carbons (Fsp3) is 0.400. The smallest absolute Gasteiger partial charge is 0.0302 e. The first-order chi connectivity index (χ1) is 5.95. The monoisotopic (exact) mass is 179 g/mol. The van der Waals surface area contributed by atoms with Crippen LogP contribution >= 0.6 is 11.3 Å². The van der Waals surface area contributed by atoms with E-state index in [-0.39, 0.29) is 0 Å². The van der Waals surface area contributed by atoms with E-state index in [1.54, 1.807) is 0 Å². The van der Waals surface area contributed by atoms with Crippen LogP contribution in [0.4, 0.5) is 0 Å². The molecule has 0 amide bonds. The van der Waals surface area contributed by atoms with Crippen LogP contribution in [0, 0.1) is 0 Å². The Bertz CT molecular complexity index is 243. The van der Waals surface area contributed by atoms with Gasteiger partial charge in [0.25, 0.3) is 0 Å². The third kappa shape index (κ3) is 1.96. The maximum atomic E-state index is 3.53. The summed E-state index contributed by atoms with van der Waals surface area (Å²) in [5, 5.41) is 5.66. The fourth-order valence-corrected chi connectivity index (χ4v) is 2.10. The first-order valence-corrected chi connectivity index (χ1v) is 5.24. The third-order valence-corrected chi connectivity index (χ3v) is 3.03. The van der Waals surface area contributed by atoms with Gasteiger partial charge in [-0.2, -0.15) is 0 Å². The molecule has 0 atom stereocenters. The lowest BCUT2D eigenvalue weighted by Gasteiger charge is -2.09. The molecule has 1 heterocycles. The minimum Gasteiger partial charge on any atom is -0.308 e. The lowest BCUT2D eigenvalue weighted by Crippen LogP contribution is -2.25. The number of hydrogen-bond donors (Lipinski definition) is 1. The van der Waals surface area contributed by atoms with Crippen LogP contribution < -0.4 is 5.32 Å². The van der Waals surface area contributed by atoms with E-state index in [0.29, 0.717) is 6.04 Å². The summed E-state index contributed by atoms with van der Waals surface area (Å²) in [4.78, 5) is 1.43. The van der Waals surface area contributed by atoms with E-state index in [1.165, 1.54) is 17.7 Å². The molecule has 12 heavy (non-hydrogen) atoms. The van der Waals surface area contributed by atoms with Crippen molar-refractivity contribution >= 4 is 11.3 Å². The van der Waals surface area contributed by atoms with Crippen molar-refractivity contribution in [2.24, 2.45) is 0 Å². The Morgan fingerprint density at radius 3 is 2.92 bits per heavy atom. The second-order valence-electron chi connectivity index (χ2n) is 3.10. The molecule has 1 nitrogen and oxygen atoms in total. The molecule has 2 rings (SSSR count). The lowest BCUT2D eigenvalue weighted by molar-refractivity contribution is 0.542. The van der Waals surface area contributed by atoms with Crippen molar-refractivity contribution < 1.29 is 0 Å². The minimum atomic E-state index is 0.687. The topological polar surface area (TPSA) is 12.0 Å². The van der Waals surface area contributed by atoms with Gasteiger partial charge in [-0.1, -0.05) is 18.2 Å². The molecule has 0 aliphatic heterocycles. The average Bonchev–Trinajstić information content (AvgIpc) is 2.74. The average molecular weight is 179 g/mol. The molecule has 0 saturated heterocycles. The van der Waals surface area contributed by atoms with E-state index in [9.17, 15) is 0 Å². The highest BCUT2D eigenvalue weighted by molar-refractivity contribution is 7.09. The van der Waals surface area contributed by atoms with Crippen molar-refractivity contribution in [3.63, 3.8) is 0 Å². The molecule has 0 radical (unpaired) electrons. The first kappa shape index (κ1) is 8.02. The van der Waals surface area contributed by atoms with Crippen molar-refractivity contribution in [2.75, 3.05) is 0 Å². The molecule has 0 spiro atoms. The first-order valence-electron chi connectivity index (χ1n) is 4.36. The van der Waals surface area contributed by atoms with Gasteiger partial charge in [-0.3, -0.25) is 0 Å². The predicted molar refractivity (Wildman–Crippen MR) is 53.3 cm³/mol. The summed E-state index contributed by atoms with van der Waals surface area (Å²) in [5.41, 5.74) is 0. The van der Waals surface area contributed by atoms with Gasteiger partial charge < -0.3 is 5.32 Å². The standard InChI is InChI=1S/C10H13NS/c1-2-5-9(4-1)11-8-10-6-3-7-12-10/h1-3,6-7,9,11H,4-5,8H2. The number of rotatable bonds is 3. The summed E-state index contributed by atoms with van der Waals surface area (Å²) in [6.45, 7) is 1.03. The van der Waals surface area contributed by atoms with Gasteiger partial charge in [0.2, 0.25) is 0 Å². The molecular weight excluding hydrogens is 166 g/mol. The zero-order valence-electron chi connectivity index (χ0n) is 6.99. The highest BCUT2D eigenvalue weighted by Crippen LogP contribution is 2.12. The van der Waals surface area contributed by atoms with E-state index in [0.717, 1.165) is 6.54 Å². The van der Waals surface area contributed by atoms with Gasteiger partial charge in [-0.25, -0.2) is 0 Å². The van der Waals surface area contributed by atoms with Crippen molar-refractivity contribution in [2.45, 2.75) is 25.4 Å². The highest BCUT2D eigenvalue weighted by atomic mass is 32.1. The van der Waals surface area contributed by atoms with Crippen LogP contribution in [0.25, 0.3) is 0 Å². The summed E-state index contributed by atoms with van der Waals surface area (Å²) in [5.74, 6) is 0. The maximum Gasteiger partial charge on any atom is 0.0302 e. The van der Waals surface area contributed by atoms with Gasteiger partial charge in [-0.05, 0) is 24.3 Å². The molecule has 1 aromatic heterocycles. The summed E-state index contributed by atoms with van der Waals surface area (Å²) >= 11 is 1.82. The van der Waals surface area contributed by atoms with Crippen LogP contribution in [0.15, 0.2) is 29.7 Å². The quantitative estimate of drug-likeness (QED) is 0.703. The van der Waals surface area contributed by atoms with E-state index < -0.39 is 0 Å². The van der Waals surface area contributed by atoms with Gasteiger partial charge in [0, 0.05) is 17.5 Å². The Morgan fingerprint density at radius 2 is 2.25 bits per heavy atom. The lowest BCUT2D eigenvalue weighted by atomic mass is 10.2. The molecule has 1 aromatic rings. The van der Waals surface area contributed by atoms with Crippen LogP contribution in [0.5, 0.6) is 0 Å². The molecule has 0 saturated carbocycles. The SMILES string of the molecule is C1=CCC(NCc2cccs2)C1. The molecule has 1 aliphatic rings. The molecule has 2 heteroatoms. The van der Waals surface area contributed by atoms with Crippen LogP contribution in [0.3, 0.4) is 0 Å². The fourth-order valence-electron chi connectivity index (χ4n) is 1.44. The normalized spacial score (nSPS) is 17.3. The van der Waals surface area contributed by atoms with Crippen LogP contribution in [0.1, 0.15) is 17.7 Å². The second kappa shape index (κ2) is 3.87. The van der Waals surface area contributed by atoms with Crippen molar-refractivity contribution in [3.8, 4) is 0 Å². The van der Waals surface area contributed by atoms with Crippen molar-refractivity contribution in [1.82, 2.24) is 5.32 Å². The number of hydrogen-bond acceptors (Lipinski definition) is 2. The van der Waals surface area contributed by atoms with Gasteiger partial charge in [0.05, 0.1) is 0 Å². The Morgan fingerprint density at radius 1 is 1.42 bits per heavy atom. The summed E-state index contributed by atoms with van der Waals surface area (Å²) in [6.07, 6.45) is 6.91. The van der Waals surface area contributed by atoms with Gasteiger partial charge in [0.15, 0.2) is 0 Å². The zero-order chi connectivity index (χ0) is 8.23. The number of nitrogens with one attached hydrogen (secondary N) is 1. The molecule has 0 fully saturated rings. The Hall–Kier alpha value is -0.600. The largest absolute Gasteiger partial charge is 0.308 e. The highest BCUT2D eigenvalue weighted by Gasteiger charge is 2.08. The molecule has 1 N–H and O–H groups in total. The minimum absolute atomic E-state index is 0.687. The molecule has 0 bridgehead atoms. The third-order valence-electron chi connectivity index (χ3n) is 2.15. The number of thiophene rings is 1. The Kier molecular flexibility index (Phi) is 2.59. The zero-order valence-corrected chi connectivity index (χ0v) is 7.81. The van der Waals surface area contributed by atoms with Crippen LogP contribution in [-0.2, 0) is 6.54 Å². The molecule has 1 aliphatic carbocycles. The molecule has 0 aromatic carbocycles. The van der Waals surface area contributed by atoms with Gasteiger partial charge in [0.1, 0.15) is 0 Å². The summed E-state index contributed by atoms with van der Waals surface area (Å²) in [6, 6.07) is 4.97. The van der Waals surface area contributed by atoms with E-state index >= 15 is 0 Å². The maximum absolute atomic E-state index is 3.53. The second-order valence-corrected chi connectivity index (χ2v) is 4.13. The summed E-state index contributed by atoms with van der Waals surface area (Å²) < 4.78 is 0. The molecule has 0 unspecified atom stereocenters. The predicted octanol–water partition coefficient (Wildman–Crippen LogP) is 2.56. The molecule has 64 valence electrons. The Balaban J connectivity index is 1.75. The Labute approximate surface area is 77.1 Å². The van der Waals surface area contributed by atoms with E-state index in [4.69, 9.17) is 0 Å². The molecular formula is C10H13NS. The summed E-state index contributed by atoms with van der Waals surface area (Å²) in [7, 11) is 0. The van der Waals surface area contributed by atoms with Crippen molar-refractivity contribution in [3.05, 3.63) is 34.5 Å². The van der Waals surface area contributed by atoms with E-state index in [2.05, 4.69) is 35.0 Å². The van der Waals surface area contributed by atoms with Gasteiger partial charge >= 0.3 is 0 Å². The van der Waals surface area contributed by atoms with Gasteiger partial charge in [-0.15, -0.1) is 11.3 Å². The van der Waals surface area contributed by atoms with Crippen LogP contribution in [-0.4, -0.2) is 6.04 Å².